The van der Waals surface area contributed by atoms with E-state index < -0.39 is 0 Å². The Kier molecular flexibility index (Phi) is 2.73. The summed E-state index contributed by atoms with van der Waals surface area (Å²) in [4.78, 5) is 14.9. The van der Waals surface area contributed by atoms with Crippen LogP contribution in [0.1, 0.15) is 21.6 Å². The van der Waals surface area contributed by atoms with Gasteiger partial charge in [-0.1, -0.05) is 27.6 Å². The first-order chi connectivity index (χ1) is 7.18. The number of benzene rings is 1. The maximum atomic E-state index is 12.0. The second-order valence-electron chi connectivity index (χ2n) is 3.40. The van der Waals surface area contributed by atoms with Crippen LogP contribution in [0.15, 0.2) is 41.0 Å². The third kappa shape index (κ3) is 2.02. The van der Waals surface area contributed by atoms with Crippen LogP contribution < -0.4 is 0 Å². The Balaban J connectivity index is 2.46. The van der Waals surface area contributed by atoms with Crippen LogP contribution in [0.3, 0.4) is 0 Å². The summed E-state index contributed by atoms with van der Waals surface area (Å²) in [6, 6.07) is 9.34. The first-order valence-corrected chi connectivity index (χ1v) is 5.42. The van der Waals surface area contributed by atoms with Gasteiger partial charge in [0.05, 0.1) is 5.69 Å². The predicted molar refractivity (Wildman–Crippen MR) is 63.1 cm³/mol. The van der Waals surface area contributed by atoms with Gasteiger partial charge < -0.3 is 4.98 Å². The zero-order valence-corrected chi connectivity index (χ0v) is 9.84. The van der Waals surface area contributed by atoms with Crippen molar-refractivity contribution < 1.29 is 4.79 Å². The molecule has 0 spiro atoms. The maximum absolute atomic E-state index is 12.0. The fourth-order valence-electron chi connectivity index (χ4n) is 1.43. The Morgan fingerprint density at radius 1 is 1.33 bits per heavy atom. The lowest BCUT2D eigenvalue weighted by Gasteiger charge is -2.03. The number of H-pyrrole nitrogens is 1. The molecule has 2 nitrogen and oxygen atoms in total. The summed E-state index contributed by atoms with van der Waals surface area (Å²) in [7, 11) is 0. The fraction of sp³-hybridized carbons (Fsp3) is 0.0833. The molecule has 1 heterocycles. The molecule has 0 aliphatic heterocycles. The van der Waals surface area contributed by atoms with Crippen molar-refractivity contribution in [2.45, 2.75) is 6.92 Å². The molecule has 0 fully saturated rings. The Morgan fingerprint density at radius 2 is 2.13 bits per heavy atom. The topological polar surface area (TPSA) is 32.9 Å². The third-order valence-corrected chi connectivity index (χ3v) is 2.90. The number of halogens is 1. The number of aryl methyl sites for hydroxylation is 1. The second kappa shape index (κ2) is 4.03. The standard InChI is InChI=1S/C12H10BrNO/c1-8-4-5-10(13)9(7-8)12(15)11-3-2-6-14-11/h2-7,14H,1H3. The van der Waals surface area contributed by atoms with Crippen molar-refractivity contribution >= 4 is 21.7 Å². The van der Waals surface area contributed by atoms with Gasteiger partial charge in [0.25, 0.3) is 0 Å². The highest BCUT2D eigenvalue weighted by Gasteiger charge is 2.12. The van der Waals surface area contributed by atoms with Gasteiger partial charge in [0.15, 0.2) is 0 Å². The van der Waals surface area contributed by atoms with Crippen molar-refractivity contribution in [1.82, 2.24) is 4.98 Å². The van der Waals surface area contributed by atoms with E-state index in [1.165, 1.54) is 0 Å². The molecule has 76 valence electrons. The van der Waals surface area contributed by atoms with Gasteiger partial charge in [0.2, 0.25) is 5.78 Å². The first kappa shape index (κ1) is 10.2. The molecule has 1 aromatic heterocycles. The third-order valence-electron chi connectivity index (χ3n) is 2.21. The van der Waals surface area contributed by atoms with Crippen LogP contribution in [0.4, 0.5) is 0 Å². The summed E-state index contributed by atoms with van der Waals surface area (Å²) >= 11 is 3.38. The molecular weight excluding hydrogens is 254 g/mol. The molecular formula is C12H10BrNO. The van der Waals surface area contributed by atoms with Crippen molar-refractivity contribution in [3.8, 4) is 0 Å². The van der Waals surface area contributed by atoms with Crippen molar-refractivity contribution in [2.24, 2.45) is 0 Å². The van der Waals surface area contributed by atoms with Crippen molar-refractivity contribution in [1.29, 1.82) is 0 Å². The SMILES string of the molecule is Cc1ccc(Br)c(C(=O)c2ccc[nH]2)c1. The zero-order valence-electron chi connectivity index (χ0n) is 8.25. The van der Waals surface area contributed by atoms with E-state index in [1.54, 1.807) is 12.3 Å². The van der Waals surface area contributed by atoms with Crippen LogP contribution in [0, 0.1) is 6.92 Å². The van der Waals surface area contributed by atoms with Crippen LogP contribution in [-0.4, -0.2) is 10.8 Å². The van der Waals surface area contributed by atoms with E-state index in [0.717, 1.165) is 10.0 Å². The monoisotopic (exact) mass is 263 g/mol. The molecule has 0 aliphatic rings. The second-order valence-corrected chi connectivity index (χ2v) is 4.25. The van der Waals surface area contributed by atoms with Crippen LogP contribution in [0.25, 0.3) is 0 Å². The van der Waals surface area contributed by atoms with E-state index in [9.17, 15) is 4.79 Å². The number of aromatic nitrogens is 1. The smallest absolute Gasteiger partial charge is 0.210 e. The van der Waals surface area contributed by atoms with Crippen molar-refractivity contribution in [3.63, 3.8) is 0 Å². The van der Waals surface area contributed by atoms with Crippen molar-refractivity contribution in [3.05, 3.63) is 57.8 Å². The van der Waals surface area contributed by atoms with Crippen LogP contribution in [0.5, 0.6) is 0 Å². The highest BCUT2D eigenvalue weighted by atomic mass is 79.9. The minimum Gasteiger partial charge on any atom is -0.359 e. The molecule has 0 aliphatic carbocycles. The Hall–Kier alpha value is -1.35. The lowest BCUT2D eigenvalue weighted by atomic mass is 10.1. The predicted octanol–water partition coefficient (Wildman–Crippen LogP) is 3.32. The van der Waals surface area contributed by atoms with Gasteiger partial charge >= 0.3 is 0 Å². The van der Waals surface area contributed by atoms with Crippen molar-refractivity contribution in [2.75, 3.05) is 0 Å². The molecule has 1 aromatic carbocycles. The highest BCUT2D eigenvalue weighted by molar-refractivity contribution is 9.10. The van der Waals surface area contributed by atoms with Gasteiger partial charge in [-0.3, -0.25) is 4.79 Å². The van der Waals surface area contributed by atoms with E-state index in [1.807, 2.05) is 31.2 Å². The molecule has 1 N–H and O–H groups in total. The van der Waals surface area contributed by atoms with E-state index in [2.05, 4.69) is 20.9 Å². The van der Waals surface area contributed by atoms with E-state index in [-0.39, 0.29) is 5.78 Å². The minimum absolute atomic E-state index is 0.00979. The summed E-state index contributed by atoms with van der Waals surface area (Å²) in [5.41, 5.74) is 2.38. The van der Waals surface area contributed by atoms with Crippen LogP contribution in [-0.2, 0) is 0 Å². The lowest BCUT2D eigenvalue weighted by molar-refractivity contribution is 0.103. The van der Waals surface area contributed by atoms with E-state index in [4.69, 9.17) is 0 Å². The average molecular weight is 264 g/mol. The molecule has 0 amide bonds. The summed E-state index contributed by atoms with van der Waals surface area (Å²) < 4.78 is 0.827. The number of aromatic amines is 1. The Morgan fingerprint density at radius 3 is 2.80 bits per heavy atom. The quantitative estimate of drug-likeness (QED) is 0.829. The number of hydrogen-bond acceptors (Lipinski definition) is 1. The zero-order chi connectivity index (χ0) is 10.8. The van der Waals surface area contributed by atoms with Crippen LogP contribution in [0.2, 0.25) is 0 Å². The lowest BCUT2D eigenvalue weighted by Crippen LogP contribution is -2.02. The molecule has 0 atom stereocenters. The summed E-state index contributed by atoms with van der Waals surface area (Å²) in [5.74, 6) is 0.00979. The Bertz CT molecular complexity index is 488. The molecule has 0 radical (unpaired) electrons. The molecule has 3 heteroatoms. The van der Waals surface area contributed by atoms with Gasteiger partial charge in [-0.2, -0.15) is 0 Å². The first-order valence-electron chi connectivity index (χ1n) is 4.63. The van der Waals surface area contributed by atoms with Gasteiger partial charge in [-0.15, -0.1) is 0 Å². The number of rotatable bonds is 2. The molecule has 2 aromatic rings. The van der Waals surface area contributed by atoms with Gasteiger partial charge in [0.1, 0.15) is 0 Å². The summed E-state index contributed by atoms with van der Waals surface area (Å²) in [6.07, 6.45) is 1.75. The van der Waals surface area contributed by atoms with E-state index >= 15 is 0 Å². The number of nitrogens with one attached hydrogen (secondary N) is 1. The summed E-state index contributed by atoms with van der Waals surface area (Å²) in [6.45, 7) is 1.97. The number of hydrogen-bond donors (Lipinski definition) is 1. The molecule has 0 bridgehead atoms. The average Bonchev–Trinajstić information content (AvgIpc) is 2.74. The largest absolute Gasteiger partial charge is 0.359 e. The molecule has 2 rings (SSSR count). The van der Waals surface area contributed by atoms with Crippen LogP contribution >= 0.6 is 15.9 Å². The van der Waals surface area contributed by atoms with E-state index in [0.29, 0.717) is 11.3 Å². The summed E-state index contributed by atoms with van der Waals surface area (Å²) in [5, 5.41) is 0. The van der Waals surface area contributed by atoms with Gasteiger partial charge in [-0.25, -0.2) is 0 Å². The molecule has 15 heavy (non-hydrogen) atoms. The minimum atomic E-state index is 0.00979. The number of carbonyl (C=O) groups excluding carboxylic acids is 1. The number of carbonyl (C=O) groups is 1. The molecule has 0 saturated heterocycles. The normalized spacial score (nSPS) is 10.3. The number of ketones is 1. The molecule has 0 unspecified atom stereocenters. The highest BCUT2D eigenvalue weighted by Crippen LogP contribution is 2.20. The van der Waals surface area contributed by atoms with Gasteiger partial charge in [0, 0.05) is 16.2 Å². The Labute approximate surface area is 96.5 Å². The van der Waals surface area contributed by atoms with Gasteiger partial charge in [-0.05, 0) is 31.2 Å². The maximum Gasteiger partial charge on any atom is 0.210 e. The molecule has 0 saturated carbocycles. The fourth-order valence-corrected chi connectivity index (χ4v) is 1.86.